The van der Waals surface area contributed by atoms with Crippen molar-refractivity contribution in [3.8, 4) is 5.75 Å². The first-order chi connectivity index (χ1) is 19.7. The highest BCUT2D eigenvalue weighted by Crippen LogP contribution is 2.12. The standard InChI is InChI=1S/C24H36N8O9S/c25-14(2-1-7-28-24(26)27)20(37)29-10-18(34)30-16(9-19(35)36)22(39)31-15(8-12-3-5-13(33)6-4-12)21(38)32-17(11-42)23(40)41/h3-6,14-17,33,42H,1-2,7-11,25H2,(H,29,37)(H,30,34)(H,31,39)(H,32,38)(H,35,36)(H,40,41)(H4,26,27,28)/t14-,15-,16-,17-/m0/s1. The zero-order chi connectivity index (χ0) is 31.8. The number of carboxylic acids is 2. The van der Waals surface area contributed by atoms with E-state index in [0.29, 0.717) is 12.0 Å². The summed E-state index contributed by atoms with van der Waals surface area (Å²) >= 11 is 3.89. The monoisotopic (exact) mass is 612 g/mol. The average Bonchev–Trinajstić information content (AvgIpc) is 2.92. The number of amides is 4. The number of carbonyl (C=O) groups excluding carboxylic acids is 4. The molecule has 0 heterocycles. The summed E-state index contributed by atoms with van der Waals surface area (Å²) < 4.78 is 0. The molecule has 0 spiro atoms. The van der Waals surface area contributed by atoms with E-state index in [0.717, 1.165) is 0 Å². The number of thiol groups is 1. The first-order valence-corrected chi connectivity index (χ1v) is 13.2. The summed E-state index contributed by atoms with van der Waals surface area (Å²) in [5.41, 5.74) is 16.6. The lowest BCUT2D eigenvalue weighted by Gasteiger charge is -2.24. The molecule has 0 aliphatic rings. The van der Waals surface area contributed by atoms with Crippen molar-refractivity contribution in [2.24, 2.45) is 22.2 Å². The highest BCUT2D eigenvalue weighted by Gasteiger charge is 2.30. The Morgan fingerprint density at radius 2 is 1.48 bits per heavy atom. The second-order valence-electron chi connectivity index (χ2n) is 9.00. The van der Waals surface area contributed by atoms with Gasteiger partial charge in [-0.3, -0.25) is 29.0 Å². The van der Waals surface area contributed by atoms with Gasteiger partial charge >= 0.3 is 11.9 Å². The van der Waals surface area contributed by atoms with Gasteiger partial charge in [-0.1, -0.05) is 12.1 Å². The van der Waals surface area contributed by atoms with Crippen molar-refractivity contribution in [2.75, 3.05) is 18.8 Å². The Labute approximate surface area is 246 Å². The number of benzene rings is 1. The van der Waals surface area contributed by atoms with Crippen LogP contribution in [-0.4, -0.2) is 99.9 Å². The summed E-state index contributed by atoms with van der Waals surface area (Å²) in [6, 6.07) is 0.116. The number of guanidine groups is 1. The molecule has 0 aliphatic carbocycles. The molecule has 4 atom stereocenters. The number of carboxylic acid groups (broad SMARTS) is 2. The highest BCUT2D eigenvalue weighted by molar-refractivity contribution is 7.80. The number of phenols is 1. The number of hydrogen-bond acceptors (Lipinski definition) is 10. The van der Waals surface area contributed by atoms with Crippen molar-refractivity contribution in [1.82, 2.24) is 21.3 Å². The van der Waals surface area contributed by atoms with Crippen molar-refractivity contribution in [3.05, 3.63) is 29.8 Å². The second-order valence-corrected chi connectivity index (χ2v) is 9.37. The molecule has 17 nitrogen and oxygen atoms in total. The molecule has 1 aromatic rings. The van der Waals surface area contributed by atoms with Gasteiger partial charge in [-0.05, 0) is 30.5 Å². The Hall–Kier alpha value is -4.58. The van der Waals surface area contributed by atoms with Gasteiger partial charge in [0.25, 0.3) is 0 Å². The van der Waals surface area contributed by atoms with Crippen LogP contribution in [0.2, 0.25) is 0 Å². The smallest absolute Gasteiger partial charge is 0.327 e. The van der Waals surface area contributed by atoms with Crippen LogP contribution >= 0.6 is 12.6 Å². The van der Waals surface area contributed by atoms with Gasteiger partial charge in [0.1, 0.15) is 23.9 Å². The molecule has 0 aromatic heterocycles. The van der Waals surface area contributed by atoms with Gasteiger partial charge in [-0.25, -0.2) is 4.79 Å². The number of carbonyl (C=O) groups is 6. The lowest BCUT2D eigenvalue weighted by Crippen LogP contribution is -2.57. The SMILES string of the molecule is NC(N)=NCCC[C@H](N)C(=O)NCC(=O)N[C@@H](CC(=O)O)C(=O)N[C@@H](Cc1ccc(O)cc1)C(=O)N[C@@H](CS)C(=O)O. The van der Waals surface area contributed by atoms with Crippen LogP contribution in [0.5, 0.6) is 5.75 Å². The minimum Gasteiger partial charge on any atom is -0.508 e. The van der Waals surface area contributed by atoms with E-state index < -0.39 is 72.7 Å². The number of phenolic OH excluding ortho intramolecular Hbond substituents is 1. The van der Waals surface area contributed by atoms with Gasteiger partial charge in [0.15, 0.2) is 5.96 Å². The molecule has 4 amide bonds. The van der Waals surface area contributed by atoms with Gasteiger partial charge in [0, 0.05) is 18.7 Å². The van der Waals surface area contributed by atoms with E-state index in [1.807, 2.05) is 0 Å². The highest BCUT2D eigenvalue weighted by atomic mass is 32.1. The number of nitrogens with zero attached hydrogens (tertiary/aromatic N) is 1. The van der Waals surface area contributed by atoms with Gasteiger partial charge in [-0.2, -0.15) is 12.6 Å². The molecule has 1 rings (SSSR count). The van der Waals surface area contributed by atoms with E-state index in [-0.39, 0.29) is 36.8 Å². The van der Waals surface area contributed by atoms with Crippen molar-refractivity contribution in [3.63, 3.8) is 0 Å². The Kier molecular flexibility index (Phi) is 15.2. The van der Waals surface area contributed by atoms with Crippen LogP contribution in [0, 0.1) is 0 Å². The zero-order valence-corrected chi connectivity index (χ0v) is 23.4. The van der Waals surface area contributed by atoms with Crippen LogP contribution < -0.4 is 38.5 Å². The van der Waals surface area contributed by atoms with Gasteiger partial charge in [0.05, 0.1) is 19.0 Å². The van der Waals surface area contributed by atoms with Crippen LogP contribution in [0.25, 0.3) is 0 Å². The summed E-state index contributed by atoms with van der Waals surface area (Å²) in [6.07, 6.45) is -0.465. The van der Waals surface area contributed by atoms with Crippen molar-refractivity contribution < 1.29 is 44.1 Å². The van der Waals surface area contributed by atoms with Crippen LogP contribution in [0.3, 0.4) is 0 Å². The molecule has 0 saturated heterocycles. The maximum atomic E-state index is 13.0. The third-order valence-corrected chi connectivity index (χ3v) is 5.93. The Morgan fingerprint density at radius 1 is 0.881 bits per heavy atom. The van der Waals surface area contributed by atoms with Crippen LogP contribution in [0.15, 0.2) is 29.3 Å². The molecule has 42 heavy (non-hydrogen) atoms. The number of rotatable bonds is 18. The first kappa shape index (κ1) is 35.4. The van der Waals surface area contributed by atoms with E-state index in [9.17, 15) is 44.1 Å². The zero-order valence-electron chi connectivity index (χ0n) is 22.5. The lowest BCUT2D eigenvalue weighted by atomic mass is 10.0. The molecule has 13 N–H and O–H groups in total. The van der Waals surface area contributed by atoms with E-state index in [1.165, 1.54) is 24.3 Å². The first-order valence-electron chi connectivity index (χ1n) is 12.6. The Bertz CT molecular complexity index is 1150. The Morgan fingerprint density at radius 3 is 2.02 bits per heavy atom. The third kappa shape index (κ3) is 13.7. The number of nitrogens with two attached hydrogens (primary N) is 3. The largest absolute Gasteiger partial charge is 0.508 e. The number of hydrogen-bond donors (Lipinski definition) is 11. The maximum absolute atomic E-state index is 13.0. The number of nitrogens with one attached hydrogen (secondary N) is 4. The van der Waals surface area contributed by atoms with E-state index in [2.05, 4.69) is 38.9 Å². The average molecular weight is 613 g/mol. The normalized spacial score (nSPS) is 13.4. The molecule has 18 heteroatoms. The quantitative estimate of drug-likeness (QED) is 0.0331. The fourth-order valence-electron chi connectivity index (χ4n) is 3.39. The molecule has 232 valence electrons. The van der Waals surface area contributed by atoms with Gasteiger partial charge in [-0.15, -0.1) is 0 Å². The second kappa shape index (κ2) is 18.0. The van der Waals surface area contributed by atoms with E-state index in [1.54, 1.807) is 0 Å². The minimum atomic E-state index is -1.67. The van der Waals surface area contributed by atoms with Crippen LogP contribution in [-0.2, 0) is 35.2 Å². The third-order valence-electron chi connectivity index (χ3n) is 5.56. The molecule has 0 saturated carbocycles. The molecule has 0 fully saturated rings. The summed E-state index contributed by atoms with van der Waals surface area (Å²) in [5, 5.41) is 37.1. The van der Waals surface area contributed by atoms with Crippen LogP contribution in [0.1, 0.15) is 24.8 Å². The number of aliphatic carboxylic acids is 2. The summed E-state index contributed by atoms with van der Waals surface area (Å²) in [6.45, 7) is -0.392. The maximum Gasteiger partial charge on any atom is 0.327 e. The number of aromatic hydroxyl groups is 1. The summed E-state index contributed by atoms with van der Waals surface area (Å²) in [4.78, 5) is 77.1. The summed E-state index contributed by atoms with van der Waals surface area (Å²) in [7, 11) is 0. The van der Waals surface area contributed by atoms with E-state index >= 15 is 0 Å². The van der Waals surface area contributed by atoms with Crippen LogP contribution in [0.4, 0.5) is 0 Å². The van der Waals surface area contributed by atoms with Crippen molar-refractivity contribution in [2.45, 2.75) is 49.9 Å². The molecular weight excluding hydrogens is 576 g/mol. The predicted octanol–water partition coefficient (Wildman–Crippen LogP) is -3.62. The van der Waals surface area contributed by atoms with Crippen molar-refractivity contribution >= 4 is 54.2 Å². The summed E-state index contributed by atoms with van der Waals surface area (Å²) in [5.74, 6) is -6.85. The molecule has 0 radical (unpaired) electrons. The molecule has 0 bridgehead atoms. The topological polar surface area (TPSA) is 302 Å². The van der Waals surface area contributed by atoms with Gasteiger partial charge in [0.2, 0.25) is 23.6 Å². The lowest BCUT2D eigenvalue weighted by molar-refractivity contribution is -0.142. The molecule has 0 aliphatic heterocycles. The van der Waals surface area contributed by atoms with E-state index in [4.69, 9.17) is 17.2 Å². The van der Waals surface area contributed by atoms with Crippen molar-refractivity contribution in [1.29, 1.82) is 0 Å². The Balaban J connectivity index is 2.92. The molecular formula is C24H36N8O9S. The number of aliphatic imine (C=N–C) groups is 1. The fourth-order valence-corrected chi connectivity index (χ4v) is 3.63. The molecule has 1 aromatic carbocycles. The predicted molar refractivity (Wildman–Crippen MR) is 152 cm³/mol. The fraction of sp³-hybridized carbons (Fsp3) is 0.458. The van der Waals surface area contributed by atoms with Gasteiger partial charge < -0.3 is 53.8 Å². The minimum absolute atomic E-state index is 0.0620. The molecule has 0 unspecified atom stereocenters.